The molecule has 2 nitrogen and oxygen atoms in total. The highest BCUT2D eigenvalue weighted by atomic mass is 35.5. The van der Waals surface area contributed by atoms with Crippen LogP contribution in [-0.2, 0) is 0 Å². The molecule has 3 rings (SSSR count). The fourth-order valence-electron chi connectivity index (χ4n) is 2.59. The maximum Gasteiger partial charge on any atom is 0.138 e. The van der Waals surface area contributed by atoms with Gasteiger partial charge in [0.2, 0.25) is 0 Å². The largest absolute Gasteiger partial charge is 0.488 e. The van der Waals surface area contributed by atoms with Crippen molar-refractivity contribution in [1.82, 2.24) is 5.32 Å². The second-order valence-corrected chi connectivity index (χ2v) is 6.54. The van der Waals surface area contributed by atoms with Crippen LogP contribution >= 0.6 is 23.4 Å². The summed E-state index contributed by atoms with van der Waals surface area (Å²) in [5.74, 6) is 3.75. The average Bonchev–Trinajstić information content (AvgIpc) is 3.04. The maximum atomic E-state index is 6.33. The zero-order valence-corrected chi connectivity index (χ0v) is 11.9. The number of benzene rings is 1. The van der Waals surface area contributed by atoms with Crippen LogP contribution < -0.4 is 10.1 Å². The lowest BCUT2D eigenvalue weighted by Gasteiger charge is -2.16. The van der Waals surface area contributed by atoms with Crippen molar-refractivity contribution < 1.29 is 4.74 Å². The molecule has 2 aliphatic heterocycles. The van der Waals surface area contributed by atoms with Crippen LogP contribution in [0.25, 0.3) is 0 Å². The van der Waals surface area contributed by atoms with E-state index in [4.69, 9.17) is 16.3 Å². The quantitative estimate of drug-likeness (QED) is 0.920. The summed E-state index contributed by atoms with van der Waals surface area (Å²) in [6.45, 7) is 2.18. The van der Waals surface area contributed by atoms with Gasteiger partial charge in [-0.3, -0.25) is 0 Å². The van der Waals surface area contributed by atoms with Crippen molar-refractivity contribution in [3.8, 4) is 5.75 Å². The van der Waals surface area contributed by atoms with Crippen molar-refractivity contribution in [2.75, 3.05) is 24.6 Å². The lowest BCUT2D eigenvalue weighted by molar-refractivity contribution is 0.229. The first-order valence-corrected chi connectivity index (χ1v) is 8.11. The van der Waals surface area contributed by atoms with E-state index in [1.54, 1.807) is 0 Å². The minimum absolute atomic E-state index is 0.339. The molecule has 18 heavy (non-hydrogen) atoms. The van der Waals surface area contributed by atoms with E-state index in [1.165, 1.54) is 17.7 Å². The van der Waals surface area contributed by atoms with E-state index >= 15 is 0 Å². The molecule has 0 saturated carbocycles. The third-order valence-corrected chi connectivity index (χ3v) is 5.10. The summed E-state index contributed by atoms with van der Waals surface area (Å²) in [5.41, 5.74) is 1.33. The van der Waals surface area contributed by atoms with Gasteiger partial charge in [-0.15, -0.1) is 0 Å². The Balaban J connectivity index is 1.71. The lowest BCUT2D eigenvalue weighted by atomic mass is 9.98. The molecule has 1 N–H and O–H groups in total. The van der Waals surface area contributed by atoms with Crippen LogP contribution in [0.2, 0.25) is 5.02 Å². The SMILES string of the molecule is Clc1cc(C2CCNC2)ccc1OC1CCSC1. The molecule has 0 spiro atoms. The molecular formula is C14H18ClNOS. The summed E-state index contributed by atoms with van der Waals surface area (Å²) in [6, 6.07) is 6.29. The zero-order valence-electron chi connectivity index (χ0n) is 10.3. The predicted octanol–water partition coefficient (Wildman–Crippen LogP) is 3.30. The molecule has 2 unspecified atom stereocenters. The van der Waals surface area contributed by atoms with E-state index < -0.39 is 0 Å². The molecule has 2 aliphatic rings. The Bertz CT molecular complexity index is 414. The molecule has 4 heteroatoms. The van der Waals surface area contributed by atoms with Crippen molar-refractivity contribution in [2.45, 2.75) is 24.9 Å². The van der Waals surface area contributed by atoms with Gasteiger partial charge in [0.1, 0.15) is 11.9 Å². The minimum atomic E-state index is 0.339. The lowest BCUT2D eigenvalue weighted by Crippen LogP contribution is -2.15. The Morgan fingerprint density at radius 2 is 2.28 bits per heavy atom. The van der Waals surface area contributed by atoms with Crippen molar-refractivity contribution >= 4 is 23.4 Å². The highest BCUT2D eigenvalue weighted by Crippen LogP contribution is 2.33. The molecule has 0 amide bonds. The van der Waals surface area contributed by atoms with Crippen LogP contribution in [0.5, 0.6) is 5.75 Å². The smallest absolute Gasteiger partial charge is 0.138 e. The van der Waals surface area contributed by atoms with Crippen molar-refractivity contribution in [2.24, 2.45) is 0 Å². The molecule has 98 valence electrons. The van der Waals surface area contributed by atoms with E-state index in [0.29, 0.717) is 12.0 Å². The third-order valence-electron chi connectivity index (χ3n) is 3.67. The first-order chi connectivity index (χ1) is 8.83. The van der Waals surface area contributed by atoms with Crippen molar-refractivity contribution in [1.29, 1.82) is 0 Å². The van der Waals surface area contributed by atoms with Crippen LogP contribution in [0.4, 0.5) is 0 Å². The number of nitrogens with one attached hydrogen (secondary N) is 1. The van der Waals surface area contributed by atoms with Crippen LogP contribution in [0, 0.1) is 0 Å². The fraction of sp³-hybridized carbons (Fsp3) is 0.571. The second-order valence-electron chi connectivity index (χ2n) is 4.98. The van der Waals surface area contributed by atoms with E-state index in [-0.39, 0.29) is 0 Å². The molecule has 2 fully saturated rings. The van der Waals surface area contributed by atoms with Gasteiger partial charge in [0.25, 0.3) is 0 Å². The summed E-state index contributed by atoms with van der Waals surface area (Å²) in [5, 5.41) is 4.15. The summed E-state index contributed by atoms with van der Waals surface area (Å²) in [7, 11) is 0. The molecule has 2 saturated heterocycles. The molecular weight excluding hydrogens is 266 g/mol. The molecule has 0 bridgehead atoms. The van der Waals surface area contributed by atoms with Crippen LogP contribution in [0.3, 0.4) is 0 Å². The van der Waals surface area contributed by atoms with Crippen LogP contribution in [0.15, 0.2) is 18.2 Å². The zero-order chi connectivity index (χ0) is 12.4. The van der Waals surface area contributed by atoms with Gasteiger partial charge in [-0.05, 0) is 48.8 Å². The van der Waals surface area contributed by atoms with Crippen molar-refractivity contribution in [3.05, 3.63) is 28.8 Å². The Kier molecular flexibility index (Phi) is 4.02. The monoisotopic (exact) mass is 283 g/mol. The summed E-state index contributed by atoms with van der Waals surface area (Å²) >= 11 is 8.29. The highest BCUT2D eigenvalue weighted by Gasteiger charge is 2.20. The topological polar surface area (TPSA) is 21.3 Å². The van der Waals surface area contributed by atoms with E-state index in [2.05, 4.69) is 17.4 Å². The Hall–Kier alpha value is -0.380. The van der Waals surface area contributed by atoms with Crippen LogP contribution in [0.1, 0.15) is 24.3 Å². The number of ether oxygens (including phenoxy) is 1. The highest BCUT2D eigenvalue weighted by molar-refractivity contribution is 7.99. The van der Waals surface area contributed by atoms with Gasteiger partial charge in [0.05, 0.1) is 5.02 Å². The molecule has 0 aromatic heterocycles. The number of hydrogen-bond acceptors (Lipinski definition) is 3. The van der Waals surface area contributed by atoms with Gasteiger partial charge in [-0.2, -0.15) is 11.8 Å². The van der Waals surface area contributed by atoms with E-state index in [1.807, 2.05) is 17.8 Å². The number of hydrogen-bond donors (Lipinski definition) is 1. The molecule has 0 radical (unpaired) electrons. The number of thioether (sulfide) groups is 1. The van der Waals surface area contributed by atoms with Gasteiger partial charge >= 0.3 is 0 Å². The first kappa shape index (κ1) is 12.6. The first-order valence-electron chi connectivity index (χ1n) is 6.57. The van der Waals surface area contributed by atoms with Gasteiger partial charge in [-0.25, -0.2) is 0 Å². The average molecular weight is 284 g/mol. The summed E-state index contributed by atoms with van der Waals surface area (Å²) in [4.78, 5) is 0. The summed E-state index contributed by atoms with van der Waals surface area (Å²) in [6.07, 6.45) is 2.68. The van der Waals surface area contributed by atoms with Crippen molar-refractivity contribution in [3.63, 3.8) is 0 Å². The Morgan fingerprint density at radius 3 is 2.94 bits per heavy atom. The fourth-order valence-corrected chi connectivity index (χ4v) is 3.92. The standard InChI is InChI=1S/C14H18ClNOS/c15-13-7-10(11-3-5-16-8-11)1-2-14(13)17-12-4-6-18-9-12/h1-2,7,11-12,16H,3-6,8-9H2. The number of rotatable bonds is 3. The maximum absolute atomic E-state index is 6.33. The minimum Gasteiger partial charge on any atom is -0.488 e. The molecule has 1 aromatic rings. The Morgan fingerprint density at radius 1 is 1.33 bits per heavy atom. The molecule has 2 atom stereocenters. The Labute approximate surface area is 117 Å². The van der Waals surface area contributed by atoms with Gasteiger partial charge < -0.3 is 10.1 Å². The van der Waals surface area contributed by atoms with Gasteiger partial charge in [-0.1, -0.05) is 17.7 Å². The molecule has 0 aliphatic carbocycles. The predicted molar refractivity (Wildman–Crippen MR) is 78.0 cm³/mol. The van der Waals surface area contributed by atoms with E-state index in [9.17, 15) is 0 Å². The van der Waals surface area contributed by atoms with Gasteiger partial charge in [0, 0.05) is 12.3 Å². The molecule has 1 aromatic carbocycles. The van der Waals surface area contributed by atoms with Gasteiger partial charge in [0.15, 0.2) is 0 Å². The molecule has 2 heterocycles. The van der Waals surface area contributed by atoms with E-state index in [0.717, 1.165) is 36.0 Å². The number of halogens is 1. The third kappa shape index (κ3) is 2.79. The van der Waals surface area contributed by atoms with Crippen LogP contribution in [-0.4, -0.2) is 30.7 Å². The normalized spacial score (nSPS) is 27.6. The summed E-state index contributed by atoms with van der Waals surface area (Å²) < 4.78 is 5.96. The second kappa shape index (κ2) is 5.72.